The summed E-state index contributed by atoms with van der Waals surface area (Å²) in [7, 11) is 0. The van der Waals surface area contributed by atoms with Crippen LogP contribution in [0.3, 0.4) is 0 Å². The first-order valence-electron chi connectivity index (χ1n) is 4.92. The summed E-state index contributed by atoms with van der Waals surface area (Å²) in [6.45, 7) is 6.45. The van der Waals surface area contributed by atoms with Gasteiger partial charge in [0.15, 0.2) is 0 Å². The monoisotopic (exact) mass is 167 g/mol. The highest BCUT2D eigenvalue weighted by molar-refractivity contribution is 4.96. The molecule has 0 spiro atoms. The van der Waals surface area contributed by atoms with E-state index in [2.05, 4.69) is 25.1 Å². The molecule has 0 saturated heterocycles. The van der Waals surface area contributed by atoms with Gasteiger partial charge < -0.3 is 5.32 Å². The molecular weight excluding hydrogens is 146 g/mol. The van der Waals surface area contributed by atoms with E-state index in [0.717, 1.165) is 0 Å². The van der Waals surface area contributed by atoms with E-state index in [1.54, 1.807) is 0 Å². The van der Waals surface area contributed by atoms with Crippen molar-refractivity contribution in [1.82, 2.24) is 5.32 Å². The van der Waals surface area contributed by atoms with Gasteiger partial charge in [-0.3, -0.25) is 0 Å². The lowest BCUT2D eigenvalue weighted by Crippen LogP contribution is -2.33. The molecule has 12 heavy (non-hydrogen) atoms. The minimum Gasteiger partial charge on any atom is -0.301 e. The van der Waals surface area contributed by atoms with Crippen LogP contribution in [0.1, 0.15) is 46.5 Å². The molecule has 2 atom stereocenters. The van der Waals surface area contributed by atoms with Crippen LogP contribution < -0.4 is 5.32 Å². The summed E-state index contributed by atoms with van der Waals surface area (Å²) >= 11 is 0. The molecule has 0 heterocycles. The van der Waals surface area contributed by atoms with Gasteiger partial charge in [-0.05, 0) is 20.3 Å². The minimum atomic E-state index is 0.210. The number of rotatable bonds is 6. The third-order valence-corrected chi connectivity index (χ3v) is 2.03. The molecule has 1 nitrogen and oxygen atoms in total. The summed E-state index contributed by atoms with van der Waals surface area (Å²) < 4.78 is 0. The Bertz CT molecular complexity index is 134. The molecule has 0 radical (unpaired) electrons. The molecule has 70 valence electrons. The molecule has 0 bridgehead atoms. The zero-order valence-corrected chi connectivity index (χ0v) is 8.56. The van der Waals surface area contributed by atoms with E-state index >= 15 is 0 Å². The molecule has 0 amide bonds. The second-order valence-electron chi connectivity index (χ2n) is 3.45. The number of unbranched alkanes of at least 4 members (excludes halogenated alkanes) is 2. The zero-order valence-electron chi connectivity index (χ0n) is 8.56. The van der Waals surface area contributed by atoms with Crippen molar-refractivity contribution in [2.24, 2.45) is 0 Å². The minimum absolute atomic E-state index is 0.210. The van der Waals surface area contributed by atoms with Crippen LogP contribution in [0.4, 0.5) is 0 Å². The Balaban J connectivity index is 3.34. The van der Waals surface area contributed by atoms with E-state index in [4.69, 9.17) is 6.42 Å². The number of terminal acetylenes is 1. The molecule has 0 aromatic heterocycles. The van der Waals surface area contributed by atoms with Gasteiger partial charge in [0.05, 0.1) is 6.04 Å². The summed E-state index contributed by atoms with van der Waals surface area (Å²) in [5, 5.41) is 3.35. The maximum atomic E-state index is 5.26. The molecule has 0 fully saturated rings. The van der Waals surface area contributed by atoms with Crippen LogP contribution in [0.25, 0.3) is 0 Å². The van der Waals surface area contributed by atoms with E-state index in [0.29, 0.717) is 6.04 Å². The van der Waals surface area contributed by atoms with Gasteiger partial charge >= 0.3 is 0 Å². The average molecular weight is 167 g/mol. The third-order valence-electron chi connectivity index (χ3n) is 2.03. The summed E-state index contributed by atoms with van der Waals surface area (Å²) in [6, 6.07) is 0.768. The van der Waals surface area contributed by atoms with Crippen molar-refractivity contribution in [2.75, 3.05) is 0 Å². The lowest BCUT2D eigenvalue weighted by Gasteiger charge is -2.15. The highest BCUT2D eigenvalue weighted by atomic mass is 14.9. The second kappa shape index (κ2) is 7.18. The van der Waals surface area contributed by atoms with Gasteiger partial charge in [0.25, 0.3) is 0 Å². The van der Waals surface area contributed by atoms with Crippen LogP contribution in [0.15, 0.2) is 0 Å². The largest absolute Gasteiger partial charge is 0.301 e. The number of hydrogen-bond donors (Lipinski definition) is 1. The first-order valence-corrected chi connectivity index (χ1v) is 4.92. The fourth-order valence-corrected chi connectivity index (χ4v) is 1.26. The first kappa shape index (κ1) is 11.5. The van der Waals surface area contributed by atoms with Gasteiger partial charge in [0.2, 0.25) is 0 Å². The molecule has 1 N–H and O–H groups in total. The van der Waals surface area contributed by atoms with Gasteiger partial charge in [-0.15, -0.1) is 6.42 Å². The molecule has 1 heteroatoms. The Morgan fingerprint density at radius 1 is 1.33 bits per heavy atom. The number of nitrogens with one attached hydrogen (secondary N) is 1. The van der Waals surface area contributed by atoms with Crippen molar-refractivity contribution in [2.45, 2.75) is 58.5 Å². The quantitative estimate of drug-likeness (QED) is 0.473. The highest BCUT2D eigenvalue weighted by Gasteiger charge is 2.03. The molecule has 0 aliphatic rings. The Labute approximate surface area is 76.9 Å². The summed E-state index contributed by atoms with van der Waals surface area (Å²) in [5.41, 5.74) is 0. The number of hydrogen-bond acceptors (Lipinski definition) is 1. The maximum absolute atomic E-state index is 5.26. The van der Waals surface area contributed by atoms with E-state index in [1.807, 2.05) is 6.92 Å². The first-order chi connectivity index (χ1) is 5.70. The van der Waals surface area contributed by atoms with Crippen LogP contribution in [0.5, 0.6) is 0 Å². The van der Waals surface area contributed by atoms with E-state index in [1.165, 1.54) is 25.7 Å². The summed E-state index contributed by atoms with van der Waals surface area (Å²) in [4.78, 5) is 0. The molecular formula is C11H21N. The van der Waals surface area contributed by atoms with Crippen molar-refractivity contribution >= 4 is 0 Å². The topological polar surface area (TPSA) is 12.0 Å². The SMILES string of the molecule is C#CC(C)NC(C)CCCCC. The molecule has 0 rings (SSSR count). The van der Waals surface area contributed by atoms with E-state index in [9.17, 15) is 0 Å². The highest BCUT2D eigenvalue weighted by Crippen LogP contribution is 2.03. The van der Waals surface area contributed by atoms with Gasteiger partial charge in [-0.25, -0.2) is 0 Å². The lowest BCUT2D eigenvalue weighted by atomic mass is 10.1. The molecule has 0 aromatic carbocycles. The normalized spacial score (nSPS) is 15.2. The predicted molar refractivity (Wildman–Crippen MR) is 55.0 cm³/mol. The van der Waals surface area contributed by atoms with Crippen molar-refractivity contribution in [3.63, 3.8) is 0 Å². The summed E-state index contributed by atoms with van der Waals surface area (Å²) in [6.07, 6.45) is 10.4. The van der Waals surface area contributed by atoms with Crippen molar-refractivity contribution in [3.8, 4) is 12.3 Å². The Hall–Kier alpha value is -0.480. The standard InChI is InChI=1S/C11H21N/c1-5-7-8-9-11(4)12-10(3)6-2/h2,10-12H,5,7-9H2,1,3-4H3. The van der Waals surface area contributed by atoms with Crippen LogP contribution in [-0.2, 0) is 0 Å². The van der Waals surface area contributed by atoms with Crippen LogP contribution >= 0.6 is 0 Å². The molecule has 0 aromatic rings. The predicted octanol–water partition coefficient (Wildman–Crippen LogP) is 2.57. The van der Waals surface area contributed by atoms with Crippen molar-refractivity contribution in [3.05, 3.63) is 0 Å². The smallest absolute Gasteiger partial charge is 0.0660 e. The molecule has 2 unspecified atom stereocenters. The van der Waals surface area contributed by atoms with Gasteiger partial charge in [-0.1, -0.05) is 32.1 Å². The average Bonchev–Trinajstić information content (AvgIpc) is 2.05. The Kier molecular flexibility index (Phi) is 6.90. The lowest BCUT2D eigenvalue weighted by molar-refractivity contribution is 0.472. The van der Waals surface area contributed by atoms with Crippen LogP contribution in [0.2, 0.25) is 0 Å². The molecule has 0 saturated carbocycles. The molecule has 0 aliphatic heterocycles. The molecule has 0 aliphatic carbocycles. The fraction of sp³-hybridized carbons (Fsp3) is 0.818. The Morgan fingerprint density at radius 2 is 2.00 bits per heavy atom. The fourth-order valence-electron chi connectivity index (χ4n) is 1.26. The van der Waals surface area contributed by atoms with Gasteiger partial charge in [-0.2, -0.15) is 0 Å². The van der Waals surface area contributed by atoms with Crippen molar-refractivity contribution in [1.29, 1.82) is 0 Å². The second-order valence-corrected chi connectivity index (χ2v) is 3.45. The van der Waals surface area contributed by atoms with E-state index < -0.39 is 0 Å². The maximum Gasteiger partial charge on any atom is 0.0660 e. The van der Waals surface area contributed by atoms with Crippen molar-refractivity contribution < 1.29 is 0 Å². The zero-order chi connectivity index (χ0) is 9.40. The van der Waals surface area contributed by atoms with Crippen LogP contribution in [-0.4, -0.2) is 12.1 Å². The van der Waals surface area contributed by atoms with Crippen LogP contribution in [0, 0.1) is 12.3 Å². The van der Waals surface area contributed by atoms with Gasteiger partial charge in [0, 0.05) is 6.04 Å². The Morgan fingerprint density at radius 3 is 2.50 bits per heavy atom. The van der Waals surface area contributed by atoms with Gasteiger partial charge in [0.1, 0.15) is 0 Å². The third kappa shape index (κ3) is 6.24. The van der Waals surface area contributed by atoms with E-state index in [-0.39, 0.29) is 6.04 Å². The summed E-state index contributed by atoms with van der Waals surface area (Å²) in [5.74, 6) is 2.68.